The molecule has 0 radical (unpaired) electrons. The number of hydrogen-bond acceptors (Lipinski definition) is 5. The second-order valence-electron chi connectivity index (χ2n) is 4.90. The van der Waals surface area contributed by atoms with E-state index in [0.29, 0.717) is 26.8 Å². The molecule has 0 aromatic heterocycles. The summed E-state index contributed by atoms with van der Waals surface area (Å²) in [6, 6.07) is 5.88. The third-order valence-electron chi connectivity index (χ3n) is 3.44. The molecule has 1 aliphatic carbocycles. The molecule has 0 bridgehead atoms. The zero-order valence-corrected chi connectivity index (χ0v) is 13.4. The number of methoxy groups -OCH3 is 2. The molecule has 110 valence electrons. The van der Waals surface area contributed by atoms with Crippen molar-refractivity contribution in [3.05, 3.63) is 28.7 Å². The van der Waals surface area contributed by atoms with Gasteiger partial charge >= 0.3 is 0 Å². The average molecular weight is 321 g/mol. The number of amides is 1. The standard InChI is InChI=1S/C15H15NO3S2/c1-18-11-6-3-9(7-12(11)19-2)8-13-14(17)16(10-4-5-10)15(20)21-13/h3,6-8,10H,4-5H2,1-2H3. The second-order valence-corrected chi connectivity index (χ2v) is 6.57. The monoisotopic (exact) mass is 321 g/mol. The number of rotatable bonds is 4. The Bertz CT molecular complexity index is 638. The van der Waals surface area contributed by atoms with Gasteiger partial charge in [0.15, 0.2) is 11.5 Å². The Balaban J connectivity index is 1.88. The molecule has 3 rings (SSSR count). The molecule has 2 aliphatic rings. The highest BCUT2D eigenvalue weighted by Crippen LogP contribution is 2.40. The number of benzene rings is 1. The predicted octanol–water partition coefficient (Wildman–Crippen LogP) is 3.07. The van der Waals surface area contributed by atoms with Crippen molar-refractivity contribution in [2.24, 2.45) is 0 Å². The van der Waals surface area contributed by atoms with Crippen LogP contribution < -0.4 is 9.47 Å². The summed E-state index contributed by atoms with van der Waals surface area (Å²) in [5.74, 6) is 1.33. The number of carbonyl (C=O) groups is 1. The zero-order valence-electron chi connectivity index (χ0n) is 11.8. The maximum Gasteiger partial charge on any atom is 0.266 e. The van der Waals surface area contributed by atoms with Crippen LogP contribution in [0.4, 0.5) is 0 Å². The number of thiocarbonyl (C=S) groups is 1. The van der Waals surface area contributed by atoms with Crippen molar-refractivity contribution in [2.45, 2.75) is 18.9 Å². The van der Waals surface area contributed by atoms with E-state index < -0.39 is 0 Å². The third kappa shape index (κ3) is 2.78. The van der Waals surface area contributed by atoms with Crippen molar-refractivity contribution in [2.75, 3.05) is 14.2 Å². The van der Waals surface area contributed by atoms with Crippen molar-refractivity contribution in [3.63, 3.8) is 0 Å². The summed E-state index contributed by atoms with van der Waals surface area (Å²) in [4.78, 5) is 14.8. The fourth-order valence-corrected chi connectivity index (χ4v) is 3.62. The molecule has 1 heterocycles. The van der Waals surface area contributed by atoms with Gasteiger partial charge in [0.1, 0.15) is 4.32 Å². The normalized spacial score (nSPS) is 20.3. The lowest BCUT2D eigenvalue weighted by molar-refractivity contribution is -0.122. The van der Waals surface area contributed by atoms with Gasteiger partial charge in [-0.15, -0.1) is 0 Å². The minimum absolute atomic E-state index is 0.0160. The van der Waals surface area contributed by atoms with Gasteiger partial charge in [0, 0.05) is 6.04 Å². The van der Waals surface area contributed by atoms with E-state index >= 15 is 0 Å². The van der Waals surface area contributed by atoms with E-state index in [1.807, 2.05) is 24.3 Å². The zero-order chi connectivity index (χ0) is 15.0. The van der Waals surface area contributed by atoms with Crippen LogP contribution in [0.1, 0.15) is 18.4 Å². The molecular weight excluding hydrogens is 306 g/mol. The van der Waals surface area contributed by atoms with Gasteiger partial charge in [-0.2, -0.15) is 0 Å². The number of carbonyl (C=O) groups excluding carboxylic acids is 1. The van der Waals surface area contributed by atoms with Crippen LogP contribution in [0.5, 0.6) is 11.5 Å². The summed E-state index contributed by atoms with van der Waals surface area (Å²) in [6.07, 6.45) is 3.95. The molecule has 6 heteroatoms. The topological polar surface area (TPSA) is 38.8 Å². The summed E-state index contributed by atoms with van der Waals surface area (Å²) < 4.78 is 11.1. The van der Waals surface area contributed by atoms with Gasteiger partial charge in [-0.25, -0.2) is 0 Å². The lowest BCUT2D eigenvalue weighted by Gasteiger charge is -2.12. The fourth-order valence-electron chi connectivity index (χ4n) is 2.22. The van der Waals surface area contributed by atoms with Crippen molar-refractivity contribution < 1.29 is 14.3 Å². The molecule has 1 saturated heterocycles. The Hall–Kier alpha value is -1.53. The highest BCUT2D eigenvalue weighted by Gasteiger charge is 2.41. The molecule has 1 aromatic rings. The molecule has 0 N–H and O–H groups in total. The highest BCUT2D eigenvalue weighted by molar-refractivity contribution is 8.26. The Morgan fingerprint density at radius 2 is 2.00 bits per heavy atom. The molecule has 0 spiro atoms. The van der Waals surface area contributed by atoms with Crippen LogP contribution in [0.2, 0.25) is 0 Å². The molecule has 0 atom stereocenters. The van der Waals surface area contributed by atoms with Gasteiger partial charge in [0.25, 0.3) is 5.91 Å². The Labute approximate surface area is 133 Å². The number of hydrogen-bond donors (Lipinski definition) is 0. The number of nitrogens with zero attached hydrogens (tertiary/aromatic N) is 1. The molecule has 2 fully saturated rings. The summed E-state index contributed by atoms with van der Waals surface area (Å²) in [5.41, 5.74) is 0.893. The maximum atomic E-state index is 12.4. The molecule has 4 nitrogen and oxygen atoms in total. The van der Waals surface area contributed by atoms with Crippen LogP contribution in [0, 0.1) is 0 Å². The Morgan fingerprint density at radius 1 is 1.29 bits per heavy atom. The van der Waals surface area contributed by atoms with Crippen LogP contribution in [0.3, 0.4) is 0 Å². The first-order chi connectivity index (χ1) is 10.1. The SMILES string of the molecule is COc1ccc(C=C2SC(=S)N(C3CC3)C2=O)cc1OC. The van der Waals surface area contributed by atoms with Gasteiger partial charge in [0.2, 0.25) is 0 Å². The average Bonchev–Trinajstić information content (AvgIpc) is 3.27. The maximum absolute atomic E-state index is 12.4. The van der Waals surface area contributed by atoms with Crippen molar-refractivity contribution in [1.82, 2.24) is 4.90 Å². The van der Waals surface area contributed by atoms with Crippen LogP contribution in [-0.2, 0) is 4.79 Å². The molecule has 0 unspecified atom stereocenters. The van der Waals surface area contributed by atoms with Crippen molar-refractivity contribution in [1.29, 1.82) is 0 Å². The largest absolute Gasteiger partial charge is 0.493 e. The van der Waals surface area contributed by atoms with Gasteiger partial charge in [-0.1, -0.05) is 30.0 Å². The Morgan fingerprint density at radius 3 is 2.62 bits per heavy atom. The van der Waals surface area contributed by atoms with E-state index in [4.69, 9.17) is 21.7 Å². The first-order valence-corrected chi connectivity index (χ1v) is 7.85. The molecule has 1 aliphatic heterocycles. The van der Waals surface area contributed by atoms with E-state index in [-0.39, 0.29) is 5.91 Å². The van der Waals surface area contributed by atoms with Crippen LogP contribution in [0.15, 0.2) is 23.1 Å². The van der Waals surface area contributed by atoms with Gasteiger partial charge in [-0.05, 0) is 36.6 Å². The predicted molar refractivity (Wildman–Crippen MR) is 87.6 cm³/mol. The van der Waals surface area contributed by atoms with Crippen LogP contribution in [0.25, 0.3) is 6.08 Å². The van der Waals surface area contributed by atoms with E-state index in [2.05, 4.69) is 0 Å². The summed E-state index contributed by atoms with van der Waals surface area (Å²) in [7, 11) is 3.19. The second kappa shape index (κ2) is 5.69. The minimum Gasteiger partial charge on any atom is -0.493 e. The van der Waals surface area contributed by atoms with Crippen molar-refractivity contribution in [3.8, 4) is 11.5 Å². The number of thioether (sulfide) groups is 1. The fraction of sp³-hybridized carbons (Fsp3) is 0.333. The van der Waals surface area contributed by atoms with Gasteiger partial charge in [0.05, 0.1) is 19.1 Å². The molecule has 21 heavy (non-hydrogen) atoms. The van der Waals surface area contributed by atoms with E-state index in [9.17, 15) is 4.79 Å². The lowest BCUT2D eigenvalue weighted by Crippen LogP contribution is -2.30. The highest BCUT2D eigenvalue weighted by atomic mass is 32.2. The van der Waals surface area contributed by atoms with E-state index in [0.717, 1.165) is 18.4 Å². The minimum atomic E-state index is 0.0160. The first-order valence-electron chi connectivity index (χ1n) is 6.63. The van der Waals surface area contributed by atoms with E-state index in [1.54, 1.807) is 19.1 Å². The van der Waals surface area contributed by atoms with Gasteiger partial charge < -0.3 is 9.47 Å². The molecule has 1 saturated carbocycles. The summed E-state index contributed by atoms with van der Waals surface area (Å²) >= 11 is 6.66. The lowest BCUT2D eigenvalue weighted by atomic mass is 10.2. The number of ether oxygens (including phenoxy) is 2. The smallest absolute Gasteiger partial charge is 0.266 e. The van der Waals surface area contributed by atoms with Crippen LogP contribution >= 0.6 is 24.0 Å². The van der Waals surface area contributed by atoms with Crippen LogP contribution in [-0.4, -0.2) is 35.4 Å². The summed E-state index contributed by atoms with van der Waals surface area (Å²) in [5, 5.41) is 0. The third-order valence-corrected chi connectivity index (χ3v) is 4.77. The Kier molecular flexibility index (Phi) is 3.91. The molecule has 1 aromatic carbocycles. The molecule has 1 amide bonds. The van der Waals surface area contributed by atoms with Gasteiger partial charge in [-0.3, -0.25) is 9.69 Å². The van der Waals surface area contributed by atoms with Crippen molar-refractivity contribution >= 4 is 40.3 Å². The summed E-state index contributed by atoms with van der Waals surface area (Å²) in [6.45, 7) is 0. The molecular formula is C15H15NO3S2. The first kappa shape index (κ1) is 14.4. The van der Waals surface area contributed by atoms with E-state index in [1.165, 1.54) is 11.8 Å². The quantitative estimate of drug-likeness (QED) is 0.629.